The van der Waals surface area contributed by atoms with E-state index in [2.05, 4.69) is 9.98 Å². The molecule has 0 radical (unpaired) electrons. The van der Waals surface area contributed by atoms with Crippen LogP contribution >= 0.6 is 0 Å². The Labute approximate surface area is 117 Å². The lowest BCUT2D eigenvalue weighted by Crippen LogP contribution is -2.20. The third-order valence-corrected chi connectivity index (χ3v) is 2.58. The topological polar surface area (TPSA) is 101 Å². The molecule has 20 heavy (non-hydrogen) atoms. The van der Waals surface area contributed by atoms with Crippen molar-refractivity contribution in [3.05, 3.63) is 71.8 Å². The minimum atomic E-state index is -0.0415. The molecule has 2 aromatic carbocycles. The van der Waals surface area contributed by atoms with E-state index in [1.54, 1.807) is 12.1 Å². The highest BCUT2D eigenvalue weighted by atomic mass is 15.1. The molecule has 0 aliphatic rings. The summed E-state index contributed by atoms with van der Waals surface area (Å²) in [4.78, 5) is 7.92. The van der Waals surface area contributed by atoms with Crippen LogP contribution in [-0.4, -0.2) is 17.6 Å². The summed E-state index contributed by atoms with van der Waals surface area (Å²) in [6.07, 6.45) is 0. The van der Waals surface area contributed by atoms with Crippen molar-refractivity contribution >= 4 is 17.6 Å². The molecule has 0 amide bonds. The minimum absolute atomic E-state index is 0.0415. The summed E-state index contributed by atoms with van der Waals surface area (Å²) in [6, 6.07) is 18.4. The summed E-state index contributed by atoms with van der Waals surface area (Å²) in [5.41, 5.74) is 13.0. The molecule has 0 aliphatic heterocycles. The molecule has 0 spiro atoms. The fourth-order valence-corrected chi connectivity index (χ4v) is 1.60. The normalized spacial score (nSPS) is 12.2. The molecule has 2 rings (SSSR count). The molecule has 0 saturated heterocycles. The van der Waals surface area contributed by atoms with Gasteiger partial charge in [0.05, 0.1) is 0 Å². The number of guanidine groups is 1. The van der Waals surface area contributed by atoms with Crippen LogP contribution in [0.5, 0.6) is 0 Å². The van der Waals surface area contributed by atoms with E-state index in [4.69, 9.17) is 16.9 Å². The van der Waals surface area contributed by atoms with E-state index in [9.17, 15) is 0 Å². The number of nitrogens with one attached hydrogen (secondary N) is 1. The molecule has 0 fully saturated rings. The summed E-state index contributed by atoms with van der Waals surface area (Å²) < 4.78 is 0. The number of rotatable bonds is 2. The Kier molecular flexibility index (Phi) is 4.24. The van der Waals surface area contributed by atoms with Gasteiger partial charge in [0.2, 0.25) is 5.96 Å². The second-order valence-corrected chi connectivity index (χ2v) is 4.05. The Hall–Kier alpha value is -2.95. The first-order valence-corrected chi connectivity index (χ1v) is 6.04. The van der Waals surface area contributed by atoms with Crippen molar-refractivity contribution in [1.82, 2.24) is 0 Å². The smallest absolute Gasteiger partial charge is 0.224 e. The molecule has 0 unspecified atom stereocenters. The summed E-state index contributed by atoms with van der Waals surface area (Å²) in [5.74, 6) is 0.278. The summed E-state index contributed by atoms with van der Waals surface area (Å²) in [6.45, 7) is 0. The molecule has 100 valence electrons. The Balaban J connectivity index is 2.17. The van der Waals surface area contributed by atoms with Gasteiger partial charge in [0.15, 0.2) is 5.84 Å². The first-order valence-electron chi connectivity index (χ1n) is 6.04. The average Bonchev–Trinajstić information content (AvgIpc) is 2.49. The first-order chi connectivity index (χ1) is 9.66. The van der Waals surface area contributed by atoms with Crippen LogP contribution in [0.3, 0.4) is 0 Å². The molecule has 0 atom stereocenters. The number of hydrogen-bond donors (Lipinski definition) is 3. The zero-order valence-electron chi connectivity index (χ0n) is 10.8. The van der Waals surface area contributed by atoms with E-state index in [-0.39, 0.29) is 17.6 Å². The van der Waals surface area contributed by atoms with Gasteiger partial charge < -0.3 is 11.5 Å². The molecule has 5 nitrogen and oxygen atoms in total. The van der Waals surface area contributed by atoms with Gasteiger partial charge in [-0.15, -0.1) is 0 Å². The Morgan fingerprint density at radius 3 is 1.80 bits per heavy atom. The predicted molar refractivity (Wildman–Crippen MR) is 82.1 cm³/mol. The summed E-state index contributed by atoms with van der Waals surface area (Å²) in [5, 5.41) is 7.83. The lowest BCUT2D eigenvalue weighted by molar-refractivity contribution is 1.37. The largest absolute Gasteiger partial charge is 0.383 e. The number of aliphatic imine (C=N–C) groups is 2. The Morgan fingerprint density at radius 1 is 0.750 bits per heavy atom. The maximum absolute atomic E-state index is 7.83. The van der Waals surface area contributed by atoms with Gasteiger partial charge in [0.1, 0.15) is 5.84 Å². The molecule has 0 aromatic heterocycles. The van der Waals surface area contributed by atoms with Crippen LogP contribution in [-0.2, 0) is 0 Å². The van der Waals surface area contributed by atoms with Crippen LogP contribution in [0.2, 0.25) is 0 Å². The maximum atomic E-state index is 7.83. The van der Waals surface area contributed by atoms with Gasteiger partial charge >= 0.3 is 0 Å². The molecule has 0 saturated carbocycles. The highest BCUT2D eigenvalue weighted by Crippen LogP contribution is 2.01. The zero-order chi connectivity index (χ0) is 14.4. The van der Waals surface area contributed by atoms with Crippen LogP contribution in [0, 0.1) is 5.41 Å². The third kappa shape index (κ3) is 3.52. The summed E-state index contributed by atoms with van der Waals surface area (Å²) in [7, 11) is 0. The fraction of sp³-hybridized carbons (Fsp3) is 0. The molecule has 5 N–H and O–H groups in total. The molecular weight excluding hydrogens is 250 g/mol. The molecular formula is C15H15N5. The van der Waals surface area contributed by atoms with Crippen LogP contribution in [0.15, 0.2) is 70.6 Å². The van der Waals surface area contributed by atoms with E-state index in [1.807, 2.05) is 48.5 Å². The quantitative estimate of drug-likeness (QED) is 0.569. The van der Waals surface area contributed by atoms with Crippen molar-refractivity contribution in [2.24, 2.45) is 21.5 Å². The van der Waals surface area contributed by atoms with Crippen LogP contribution in [0.25, 0.3) is 0 Å². The fourth-order valence-electron chi connectivity index (χ4n) is 1.60. The van der Waals surface area contributed by atoms with Crippen LogP contribution in [0.4, 0.5) is 0 Å². The second-order valence-electron chi connectivity index (χ2n) is 4.05. The molecule has 5 heteroatoms. The molecule has 2 aromatic rings. The van der Waals surface area contributed by atoms with Crippen molar-refractivity contribution in [3.8, 4) is 0 Å². The molecule has 0 bridgehead atoms. The van der Waals surface area contributed by atoms with Crippen LogP contribution in [0.1, 0.15) is 11.1 Å². The standard InChI is InChI=1S/C15H15N5/c16-13(11-7-3-1-4-8-11)19-15(18)20-14(17)12-9-5-2-6-10-12/h1-10H,(H5,16,17,18,19,20). The lowest BCUT2D eigenvalue weighted by atomic mass is 10.2. The van der Waals surface area contributed by atoms with Gasteiger partial charge in [-0.1, -0.05) is 60.7 Å². The van der Waals surface area contributed by atoms with Gasteiger partial charge in [-0.2, -0.15) is 9.98 Å². The Bertz CT molecular complexity index is 644. The van der Waals surface area contributed by atoms with E-state index in [0.717, 1.165) is 5.56 Å². The number of benzene rings is 2. The van der Waals surface area contributed by atoms with Crippen LogP contribution < -0.4 is 11.5 Å². The van der Waals surface area contributed by atoms with E-state index in [1.165, 1.54) is 0 Å². The SMILES string of the molecule is N=C(N=C(N)N=C(N)c1ccccc1)c1ccccc1. The van der Waals surface area contributed by atoms with E-state index >= 15 is 0 Å². The van der Waals surface area contributed by atoms with E-state index < -0.39 is 0 Å². The molecule has 0 heterocycles. The minimum Gasteiger partial charge on any atom is -0.383 e. The lowest BCUT2D eigenvalue weighted by Gasteiger charge is -2.01. The third-order valence-electron chi connectivity index (χ3n) is 2.58. The first kappa shape index (κ1) is 13.5. The maximum Gasteiger partial charge on any atom is 0.224 e. The van der Waals surface area contributed by atoms with Gasteiger partial charge in [-0.3, -0.25) is 5.41 Å². The zero-order valence-corrected chi connectivity index (χ0v) is 10.8. The highest BCUT2D eigenvalue weighted by Gasteiger charge is 2.01. The number of amidine groups is 2. The van der Waals surface area contributed by atoms with Gasteiger partial charge in [-0.25, -0.2) is 0 Å². The summed E-state index contributed by atoms with van der Waals surface area (Å²) >= 11 is 0. The van der Waals surface area contributed by atoms with Crippen molar-refractivity contribution < 1.29 is 0 Å². The van der Waals surface area contributed by atoms with Gasteiger partial charge in [-0.05, 0) is 0 Å². The number of nitrogens with two attached hydrogens (primary N) is 2. The van der Waals surface area contributed by atoms with Gasteiger partial charge in [0, 0.05) is 11.1 Å². The number of hydrogen-bond acceptors (Lipinski definition) is 1. The molecule has 0 aliphatic carbocycles. The van der Waals surface area contributed by atoms with E-state index in [0.29, 0.717) is 5.56 Å². The van der Waals surface area contributed by atoms with Gasteiger partial charge in [0.25, 0.3) is 0 Å². The average molecular weight is 265 g/mol. The number of nitrogens with zero attached hydrogens (tertiary/aromatic N) is 2. The Morgan fingerprint density at radius 2 is 1.25 bits per heavy atom. The van der Waals surface area contributed by atoms with Crippen molar-refractivity contribution in [3.63, 3.8) is 0 Å². The monoisotopic (exact) mass is 265 g/mol. The predicted octanol–water partition coefficient (Wildman–Crippen LogP) is 1.73. The van der Waals surface area contributed by atoms with Crippen molar-refractivity contribution in [2.45, 2.75) is 0 Å². The van der Waals surface area contributed by atoms with Crippen molar-refractivity contribution in [1.29, 1.82) is 5.41 Å². The highest BCUT2D eigenvalue weighted by molar-refractivity contribution is 6.09. The second kappa shape index (κ2) is 6.29. The van der Waals surface area contributed by atoms with Crippen molar-refractivity contribution in [2.75, 3.05) is 0 Å².